The van der Waals surface area contributed by atoms with E-state index >= 15 is 0 Å². The van der Waals surface area contributed by atoms with Gasteiger partial charge in [-0.05, 0) is 48.4 Å². The molecular formula is C28H28FNO10S. The van der Waals surface area contributed by atoms with Crippen molar-refractivity contribution in [3.05, 3.63) is 70.5 Å². The summed E-state index contributed by atoms with van der Waals surface area (Å²) in [4.78, 5) is 12.8. The van der Waals surface area contributed by atoms with Crippen LogP contribution >= 0.6 is 0 Å². The van der Waals surface area contributed by atoms with Gasteiger partial charge in [0, 0.05) is 17.7 Å². The van der Waals surface area contributed by atoms with E-state index in [4.69, 9.17) is 33.2 Å². The van der Waals surface area contributed by atoms with Crippen LogP contribution in [0.4, 0.5) is 4.39 Å². The first-order valence-corrected chi connectivity index (χ1v) is 14.0. The highest BCUT2D eigenvalue weighted by atomic mass is 32.2. The van der Waals surface area contributed by atoms with Crippen LogP contribution in [0.3, 0.4) is 0 Å². The van der Waals surface area contributed by atoms with Crippen LogP contribution in [0.25, 0.3) is 0 Å². The number of esters is 1. The molecule has 3 aromatic rings. The summed E-state index contributed by atoms with van der Waals surface area (Å²) in [7, 11) is 1.74. The number of halogens is 1. The van der Waals surface area contributed by atoms with Crippen molar-refractivity contribution in [2.45, 2.75) is 23.5 Å². The third kappa shape index (κ3) is 5.35. The van der Waals surface area contributed by atoms with Crippen LogP contribution in [-0.2, 0) is 25.9 Å². The maximum atomic E-state index is 13.3. The summed E-state index contributed by atoms with van der Waals surface area (Å²) >= 11 is 0. The Morgan fingerprint density at radius 2 is 1.71 bits per heavy atom. The highest BCUT2D eigenvalue weighted by Gasteiger charge is 2.48. The summed E-state index contributed by atoms with van der Waals surface area (Å²) < 4.78 is 80.3. The van der Waals surface area contributed by atoms with Crippen molar-refractivity contribution >= 4 is 16.0 Å². The monoisotopic (exact) mass is 589 g/mol. The fourth-order valence-corrected chi connectivity index (χ4v) is 5.91. The Kier molecular flexibility index (Phi) is 7.93. The molecule has 2 aliphatic heterocycles. The number of nitrogens with one attached hydrogen (secondary N) is 1. The van der Waals surface area contributed by atoms with E-state index in [9.17, 15) is 17.6 Å². The smallest absolute Gasteiger partial charge is 0.342 e. The lowest BCUT2D eigenvalue weighted by atomic mass is 9.93. The molecule has 2 atom stereocenters. The predicted molar refractivity (Wildman–Crippen MR) is 142 cm³/mol. The predicted octanol–water partition coefficient (Wildman–Crippen LogP) is 3.70. The zero-order valence-corrected chi connectivity index (χ0v) is 23.5. The fourth-order valence-electron chi connectivity index (χ4n) is 4.88. The Bertz CT molecular complexity index is 1580. The van der Waals surface area contributed by atoms with Crippen LogP contribution in [0.2, 0.25) is 0 Å². The maximum Gasteiger partial charge on any atom is 0.342 e. The molecule has 2 heterocycles. The van der Waals surface area contributed by atoms with Gasteiger partial charge in [0.15, 0.2) is 23.0 Å². The second-order valence-corrected chi connectivity index (χ2v) is 10.8. The van der Waals surface area contributed by atoms with Gasteiger partial charge in [0.05, 0.1) is 33.3 Å². The average molecular weight is 590 g/mol. The van der Waals surface area contributed by atoms with E-state index in [1.165, 1.54) is 40.6 Å². The number of benzene rings is 3. The molecule has 11 nitrogen and oxygen atoms in total. The van der Waals surface area contributed by atoms with E-state index in [1.807, 2.05) is 0 Å². The normalized spacial score (nSPS) is 17.2. The van der Waals surface area contributed by atoms with Crippen molar-refractivity contribution < 1.29 is 50.8 Å². The highest BCUT2D eigenvalue weighted by Crippen LogP contribution is 2.59. The van der Waals surface area contributed by atoms with Crippen LogP contribution in [0, 0.1) is 5.82 Å². The first-order chi connectivity index (χ1) is 19.7. The van der Waals surface area contributed by atoms with Crippen LogP contribution in [0.15, 0.2) is 47.4 Å². The molecule has 0 amide bonds. The highest BCUT2D eigenvalue weighted by molar-refractivity contribution is 7.89. The second kappa shape index (κ2) is 11.4. The molecule has 0 bridgehead atoms. The summed E-state index contributed by atoms with van der Waals surface area (Å²) in [6.45, 7) is -0.000430. The Hall–Kier alpha value is -4.07. The minimum atomic E-state index is -3.89. The summed E-state index contributed by atoms with van der Waals surface area (Å²) in [6, 6.07) is 9.67. The van der Waals surface area contributed by atoms with Crippen molar-refractivity contribution in [2.24, 2.45) is 0 Å². The molecule has 41 heavy (non-hydrogen) atoms. The molecule has 1 saturated heterocycles. The van der Waals surface area contributed by atoms with Gasteiger partial charge < -0.3 is 33.2 Å². The third-order valence-electron chi connectivity index (χ3n) is 6.81. The molecule has 3 aromatic carbocycles. The number of rotatable bonds is 11. The lowest BCUT2D eigenvalue weighted by Gasteiger charge is -2.17. The van der Waals surface area contributed by atoms with E-state index in [0.717, 1.165) is 12.1 Å². The number of carbonyl (C=O) groups excluding carboxylic acids is 1. The summed E-state index contributed by atoms with van der Waals surface area (Å²) in [5, 5.41) is 0. The number of sulfonamides is 1. The van der Waals surface area contributed by atoms with Crippen molar-refractivity contribution in [3.63, 3.8) is 0 Å². The van der Waals surface area contributed by atoms with Crippen molar-refractivity contribution in [3.8, 4) is 28.7 Å². The topological polar surface area (TPSA) is 131 Å². The van der Waals surface area contributed by atoms with E-state index in [0.29, 0.717) is 39.7 Å². The third-order valence-corrected chi connectivity index (χ3v) is 8.29. The molecule has 2 aliphatic rings. The molecule has 5 rings (SSSR count). The molecule has 0 spiro atoms. The number of hydrogen-bond donors (Lipinski definition) is 1. The molecule has 13 heteroatoms. The van der Waals surface area contributed by atoms with Crippen LogP contribution in [-0.4, -0.2) is 56.2 Å². The molecule has 0 aliphatic carbocycles. The van der Waals surface area contributed by atoms with Crippen molar-refractivity contribution in [1.29, 1.82) is 0 Å². The van der Waals surface area contributed by atoms with Crippen molar-refractivity contribution in [2.75, 3.05) is 41.8 Å². The number of epoxide rings is 1. The molecule has 218 valence electrons. The zero-order valence-electron chi connectivity index (χ0n) is 22.7. The molecular weight excluding hydrogens is 561 g/mol. The van der Waals surface area contributed by atoms with Gasteiger partial charge in [0.25, 0.3) is 0 Å². The van der Waals surface area contributed by atoms with Gasteiger partial charge in [-0.2, -0.15) is 0 Å². The van der Waals surface area contributed by atoms with E-state index < -0.39 is 34.0 Å². The Balaban J connectivity index is 1.48. The second-order valence-electron chi connectivity index (χ2n) is 9.05. The largest absolute Gasteiger partial charge is 0.493 e. The zero-order chi connectivity index (χ0) is 29.3. The molecule has 1 N–H and O–H groups in total. The van der Waals surface area contributed by atoms with Crippen LogP contribution in [0.1, 0.15) is 39.3 Å². The van der Waals surface area contributed by atoms with E-state index in [-0.39, 0.29) is 36.0 Å². The van der Waals surface area contributed by atoms with Gasteiger partial charge in [0.2, 0.25) is 22.6 Å². The fraction of sp³-hybridized carbons (Fsp3) is 0.321. The van der Waals surface area contributed by atoms with Gasteiger partial charge in [0.1, 0.15) is 23.6 Å². The summed E-state index contributed by atoms with van der Waals surface area (Å²) in [5.74, 6) is 0.614. The first-order valence-electron chi connectivity index (χ1n) is 12.5. The van der Waals surface area contributed by atoms with Gasteiger partial charge in [-0.15, -0.1) is 0 Å². The van der Waals surface area contributed by atoms with Crippen LogP contribution in [0.5, 0.6) is 28.7 Å². The molecule has 0 saturated carbocycles. The molecule has 0 aromatic heterocycles. The molecule has 0 unspecified atom stereocenters. The van der Waals surface area contributed by atoms with E-state index in [1.54, 1.807) is 18.2 Å². The van der Waals surface area contributed by atoms with E-state index in [2.05, 4.69) is 4.72 Å². The minimum absolute atomic E-state index is 0.0106. The molecule has 1 fully saturated rings. The first kappa shape index (κ1) is 28.5. The van der Waals surface area contributed by atoms with Crippen molar-refractivity contribution in [1.82, 2.24) is 4.72 Å². The number of carbonyl (C=O) groups is 1. The number of hydrogen-bond acceptors (Lipinski definition) is 10. The van der Waals surface area contributed by atoms with Gasteiger partial charge >= 0.3 is 5.97 Å². The Labute approximate surface area is 236 Å². The quantitative estimate of drug-likeness (QED) is 0.261. The maximum absolute atomic E-state index is 13.3. The Morgan fingerprint density at radius 3 is 2.37 bits per heavy atom. The van der Waals surface area contributed by atoms with Gasteiger partial charge in [-0.1, -0.05) is 6.07 Å². The summed E-state index contributed by atoms with van der Waals surface area (Å²) in [5.41, 5.74) is 1.98. The molecule has 0 radical (unpaired) electrons. The number of ether oxygens (including phenoxy) is 7. The average Bonchev–Trinajstić information content (AvgIpc) is 3.62. The van der Waals surface area contributed by atoms with Crippen LogP contribution < -0.4 is 28.4 Å². The lowest BCUT2D eigenvalue weighted by molar-refractivity contribution is 0.0594. The standard InChI is InChI=1S/C28H28FNO10S/c1-34-19-10-9-18(22(24(19)35-2)28(31)37-4)23-27(40-23)21-15(13-20-25(26(21)36-3)39-14-38-20)11-12-30-41(32,33)17-7-5-16(29)6-8-17/h5-10,13,23,27,30H,11-12,14H2,1-4H3/t23-,27-/m0/s1. The number of methoxy groups -OCH3 is 4. The van der Waals surface area contributed by atoms with Gasteiger partial charge in [-0.25, -0.2) is 22.3 Å². The number of fused-ring (bicyclic) bond motifs is 1. The minimum Gasteiger partial charge on any atom is -0.493 e. The Morgan fingerprint density at radius 1 is 0.976 bits per heavy atom. The SMILES string of the molecule is COC(=O)c1c([C@@H]2O[C@H]2c2c(CCNS(=O)(=O)c3ccc(F)cc3)cc3c(c2OC)OCO3)ccc(OC)c1OC. The van der Waals surface area contributed by atoms with Gasteiger partial charge in [-0.3, -0.25) is 0 Å². The lowest BCUT2D eigenvalue weighted by Crippen LogP contribution is -2.26. The summed E-state index contributed by atoms with van der Waals surface area (Å²) in [6.07, 6.45) is -0.942.